The Kier molecular flexibility index (Phi) is 4.76. The lowest BCUT2D eigenvalue weighted by Crippen LogP contribution is -2.49. The number of halogens is 1. The normalized spacial score (nSPS) is 14.5. The Morgan fingerprint density at radius 1 is 1.61 bits per heavy atom. The highest BCUT2D eigenvalue weighted by molar-refractivity contribution is 6.31. The first-order chi connectivity index (χ1) is 8.31. The van der Waals surface area contributed by atoms with E-state index in [-0.39, 0.29) is 0 Å². The fourth-order valence-electron chi connectivity index (χ4n) is 1.92. The fourth-order valence-corrected chi connectivity index (χ4v) is 2.15. The van der Waals surface area contributed by atoms with Gasteiger partial charge in [-0.3, -0.25) is 14.8 Å². The second-order valence-electron chi connectivity index (χ2n) is 4.71. The lowest BCUT2D eigenvalue weighted by Gasteiger charge is -2.26. The minimum atomic E-state index is -0.934. The number of carboxylic acid groups (broad SMARTS) is 1. The molecule has 0 aliphatic heterocycles. The standard InChI is InChI=1S/C12H20ClN3O2/c1-5-6-12(3,11(17)18)14-7-9-10(13)8(2)15-16(9)4/h14H,5-7H2,1-4H3,(H,17,18). The summed E-state index contributed by atoms with van der Waals surface area (Å²) in [7, 11) is 1.80. The number of nitrogens with zero attached hydrogens (tertiary/aromatic N) is 2. The van der Waals surface area contributed by atoms with Crippen molar-refractivity contribution in [3.05, 3.63) is 16.4 Å². The minimum Gasteiger partial charge on any atom is -0.480 e. The average molecular weight is 274 g/mol. The van der Waals surface area contributed by atoms with Crippen molar-refractivity contribution in [3.63, 3.8) is 0 Å². The maximum Gasteiger partial charge on any atom is 0.323 e. The van der Waals surface area contributed by atoms with Crippen LogP contribution in [0.4, 0.5) is 0 Å². The summed E-state index contributed by atoms with van der Waals surface area (Å²) in [6, 6.07) is 0. The predicted molar refractivity (Wildman–Crippen MR) is 70.7 cm³/mol. The van der Waals surface area contributed by atoms with Crippen LogP contribution in [-0.2, 0) is 18.4 Å². The molecule has 1 rings (SSSR count). The van der Waals surface area contributed by atoms with Crippen LogP contribution in [0.1, 0.15) is 38.1 Å². The Hall–Kier alpha value is -1.07. The first-order valence-electron chi connectivity index (χ1n) is 5.98. The first kappa shape index (κ1) is 15.0. The first-order valence-corrected chi connectivity index (χ1v) is 6.36. The zero-order chi connectivity index (χ0) is 13.9. The molecule has 0 aromatic carbocycles. The van der Waals surface area contributed by atoms with Crippen molar-refractivity contribution >= 4 is 17.6 Å². The van der Waals surface area contributed by atoms with Crippen molar-refractivity contribution in [2.75, 3.05) is 0 Å². The molecule has 1 aromatic heterocycles. The van der Waals surface area contributed by atoms with Crippen molar-refractivity contribution < 1.29 is 9.90 Å². The van der Waals surface area contributed by atoms with Gasteiger partial charge in [0.25, 0.3) is 0 Å². The molecule has 1 heterocycles. The van der Waals surface area contributed by atoms with Crippen LogP contribution in [0.3, 0.4) is 0 Å². The van der Waals surface area contributed by atoms with Gasteiger partial charge in [0.15, 0.2) is 0 Å². The third-order valence-corrected chi connectivity index (χ3v) is 3.62. The summed E-state index contributed by atoms with van der Waals surface area (Å²) in [6.07, 6.45) is 1.37. The molecule has 0 saturated heterocycles. The number of carbonyl (C=O) groups is 1. The predicted octanol–water partition coefficient (Wildman–Crippen LogP) is 2.11. The van der Waals surface area contributed by atoms with Crippen molar-refractivity contribution in [3.8, 4) is 0 Å². The largest absolute Gasteiger partial charge is 0.480 e. The van der Waals surface area contributed by atoms with Gasteiger partial charge >= 0.3 is 5.97 Å². The number of aromatic nitrogens is 2. The van der Waals surface area contributed by atoms with E-state index >= 15 is 0 Å². The van der Waals surface area contributed by atoms with Gasteiger partial charge in [0.1, 0.15) is 5.54 Å². The second-order valence-corrected chi connectivity index (χ2v) is 5.09. The minimum absolute atomic E-state index is 0.388. The number of carboxylic acids is 1. The van der Waals surface area contributed by atoms with Gasteiger partial charge in [-0.2, -0.15) is 5.10 Å². The van der Waals surface area contributed by atoms with Crippen LogP contribution in [0.25, 0.3) is 0 Å². The van der Waals surface area contributed by atoms with Crippen molar-refractivity contribution in [1.29, 1.82) is 0 Å². The highest BCUT2D eigenvalue weighted by atomic mass is 35.5. The molecule has 18 heavy (non-hydrogen) atoms. The summed E-state index contributed by atoms with van der Waals surface area (Å²) < 4.78 is 1.68. The van der Waals surface area contributed by atoms with Gasteiger partial charge in [-0.1, -0.05) is 24.9 Å². The summed E-state index contributed by atoms with van der Waals surface area (Å²) >= 11 is 6.13. The van der Waals surface area contributed by atoms with Gasteiger partial charge in [0.05, 0.1) is 16.4 Å². The molecule has 1 unspecified atom stereocenters. The number of aliphatic carboxylic acids is 1. The van der Waals surface area contributed by atoms with Crippen LogP contribution in [-0.4, -0.2) is 26.4 Å². The lowest BCUT2D eigenvalue weighted by atomic mass is 9.96. The summed E-state index contributed by atoms with van der Waals surface area (Å²) in [6.45, 7) is 5.87. The van der Waals surface area contributed by atoms with Gasteiger partial charge in [-0.15, -0.1) is 0 Å². The van der Waals surface area contributed by atoms with E-state index in [2.05, 4.69) is 10.4 Å². The van der Waals surface area contributed by atoms with E-state index in [1.165, 1.54) is 0 Å². The van der Waals surface area contributed by atoms with Crippen LogP contribution in [0, 0.1) is 6.92 Å². The van der Waals surface area contributed by atoms with Gasteiger partial charge < -0.3 is 5.11 Å². The van der Waals surface area contributed by atoms with Crippen LogP contribution in [0.15, 0.2) is 0 Å². The highest BCUT2D eigenvalue weighted by Crippen LogP contribution is 2.21. The van der Waals surface area contributed by atoms with Gasteiger partial charge in [0.2, 0.25) is 0 Å². The molecule has 0 saturated carbocycles. The third-order valence-electron chi connectivity index (χ3n) is 3.13. The summed E-state index contributed by atoms with van der Waals surface area (Å²) in [5, 5.41) is 17.1. The Morgan fingerprint density at radius 2 is 2.22 bits per heavy atom. The van der Waals surface area contributed by atoms with E-state index in [4.69, 9.17) is 11.6 Å². The number of aryl methyl sites for hydroxylation is 2. The molecule has 0 bridgehead atoms. The number of hydrogen-bond donors (Lipinski definition) is 2. The van der Waals surface area contributed by atoms with E-state index in [1.54, 1.807) is 18.7 Å². The van der Waals surface area contributed by atoms with E-state index in [9.17, 15) is 9.90 Å². The molecule has 2 N–H and O–H groups in total. The lowest BCUT2D eigenvalue weighted by molar-refractivity contribution is -0.144. The van der Waals surface area contributed by atoms with Crippen LogP contribution in [0.5, 0.6) is 0 Å². The third kappa shape index (κ3) is 3.03. The van der Waals surface area contributed by atoms with E-state index in [0.717, 1.165) is 17.8 Å². The zero-order valence-electron chi connectivity index (χ0n) is 11.2. The molecular formula is C12H20ClN3O2. The smallest absolute Gasteiger partial charge is 0.323 e. The van der Waals surface area contributed by atoms with E-state index in [1.807, 2.05) is 13.8 Å². The number of nitrogens with one attached hydrogen (secondary N) is 1. The van der Waals surface area contributed by atoms with Crippen LogP contribution in [0.2, 0.25) is 5.02 Å². The molecule has 1 aromatic rings. The molecule has 0 fully saturated rings. The molecule has 102 valence electrons. The fraction of sp³-hybridized carbons (Fsp3) is 0.667. The van der Waals surface area contributed by atoms with E-state index < -0.39 is 11.5 Å². The van der Waals surface area contributed by atoms with Gasteiger partial charge in [-0.25, -0.2) is 0 Å². The molecule has 5 nitrogen and oxygen atoms in total. The molecular weight excluding hydrogens is 254 g/mol. The van der Waals surface area contributed by atoms with Crippen LogP contribution < -0.4 is 5.32 Å². The Labute approximate surface area is 112 Å². The van der Waals surface area contributed by atoms with Gasteiger partial charge in [0, 0.05) is 13.6 Å². The van der Waals surface area contributed by atoms with Crippen molar-refractivity contribution in [1.82, 2.24) is 15.1 Å². The van der Waals surface area contributed by atoms with E-state index in [0.29, 0.717) is 18.0 Å². The quantitative estimate of drug-likeness (QED) is 0.833. The maximum atomic E-state index is 11.3. The summed E-state index contributed by atoms with van der Waals surface area (Å²) in [5.41, 5.74) is 0.622. The second kappa shape index (κ2) is 5.71. The SMILES string of the molecule is CCCC(C)(NCc1c(Cl)c(C)nn1C)C(=O)O. The topological polar surface area (TPSA) is 67.2 Å². The number of hydrogen-bond acceptors (Lipinski definition) is 3. The molecule has 0 spiro atoms. The highest BCUT2D eigenvalue weighted by Gasteiger charge is 2.31. The Balaban J connectivity index is 2.82. The summed E-state index contributed by atoms with van der Waals surface area (Å²) in [5.74, 6) is -0.848. The molecule has 0 aliphatic carbocycles. The molecule has 0 amide bonds. The monoisotopic (exact) mass is 273 g/mol. The van der Waals surface area contributed by atoms with Crippen molar-refractivity contribution in [2.24, 2.45) is 7.05 Å². The maximum absolute atomic E-state index is 11.3. The molecule has 1 atom stereocenters. The molecule has 0 aliphatic rings. The average Bonchev–Trinajstić information content (AvgIpc) is 2.51. The molecule has 0 radical (unpaired) electrons. The Bertz CT molecular complexity index is 445. The van der Waals surface area contributed by atoms with Crippen molar-refractivity contribution in [2.45, 2.75) is 45.7 Å². The number of rotatable bonds is 6. The summed E-state index contributed by atoms with van der Waals surface area (Å²) in [4.78, 5) is 11.3. The van der Waals surface area contributed by atoms with Gasteiger partial charge in [-0.05, 0) is 20.3 Å². The Morgan fingerprint density at radius 3 is 2.61 bits per heavy atom. The molecule has 6 heteroatoms. The van der Waals surface area contributed by atoms with Crippen LogP contribution >= 0.6 is 11.6 Å². The zero-order valence-corrected chi connectivity index (χ0v) is 12.0.